The van der Waals surface area contributed by atoms with Crippen LogP contribution in [-0.2, 0) is 0 Å². The van der Waals surface area contributed by atoms with Crippen molar-refractivity contribution in [1.29, 1.82) is 0 Å². The van der Waals surface area contributed by atoms with Crippen LogP contribution < -0.4 is 11.1 Å². The Bertz CT molecular complexity index is 551. The van der Waals surface area contributed by atoms with E-state index in [1.54, 1.807) is 0 Å². The van der Waals surface area contributed by atoms with E-state index in [9.17, 15) is 14.9 Å². The largest absolute Gasteiger partial charge is 0.393 e. The number of nitro benzene ring substituents is 1. The molecule has 6 nitrogen and oxygen atoms in total. The lowest BCUT2D eigenvalue weighted by atomic mass is 9.76. The van der Waals surface area contributed by atoms with E-state index < -0.39 is 4.92 Å². The molecule has 6 heteroatoms. The first-order valence-corrected chi connectivity index (χ1v) is 7.23. The minimum Gasteiger partial charge on any atom is -0.393 e. The van der Waals surface area contributed by atoms with Crippen LogP contribution >= 0.6 is 0 Å². The zero-order valence-electron chi connectivity index (χ0n) is 12.2. The monoisotopic (exact) mass is 291 g/mol. The summed E-state index contributed by atoms with van der Waals surface area (Å²) in [5, 5.41) is 13.7. The summed E-state index contributed by atoms with van der Waals surface area (Å²) in [5.41, 5.74) is 5.77. The lowest BCUT2D eigenvalue weighted by molar-refractivity contribution is -0.383. The van der Waals surface area contributed by atoms with Crippen molar-refractivity contribution in [2.75, 3.05) is 12.3 Å². The molecule has 2 rings (SSSR count). The molecule has 1 amide bonds. The number of benzene rings is 1. The van der Waals surface area contributed by atoms with Crippen LogP contribution in [0.1, 0.15) is 49.4 Å². The van der Waals surface area contributed by atoms with Crippen molar-refractivity contribution in [1.82, 2.24) is 5.32 Å². The molecule has 1 saturated carbocycles. The second-order valence-corrected chi connectivity index (χ2v) is 6.08. The molecule has 1 fully saturated rings. The van der Waals surface area contributed by atoms with Gasteiger partial charge in [0.25, 0.3) is 11.6 Å². The molecule has 0 heterocycles. The predicted octanol–water partition coefficient (Wildman–Crippen LogP) is 2.88. The van der Waals surface area contributed by atoms with Crippen molar-refractivity contribution in [3.8, 4) is 0 Å². The lowest BCUT2D eigenvalue weighted by Crippen LogP contribution is -2.37. The SMILES string of the molecule is CC1(CNC(=O)c2ccc(N)c([N+](=O)[O-])c2)CCCCC1. The summed E-state index contributed by atoms with van der Waals surface area (Å²) in [5.74, 6) is -0.287. The van der Waals surface area contributed by atoms with Gasteiger partial charge in [-0.15, -0.1) is 0 Å². The second-order valence-electron chi connectivity index (χ2n) is 6.08. The summed E-state index contributed by atoms with van der Waals surface area (Å²) in [6.07, 6.45) is 5.86. The summed E-state index contributed by atoms with van der Waals surface area (Å²) >= 11 is 0. The Labute approximate surface area is 123 Å². The lowest BCUT2D eigenvalue weighted by Gasteiger charge is -2.33. The van der Waals surface area contributed by atoms with Crippen LogP contribution in [0.15, 0.2) is 18.2 Å². The first-order chi connectivity index (χ1) is 9.91. The van der Waals surface area contributed by atoms with Gasteiger partial charge >= 0.3 is 0 Å². The Hall–Kier alpha value is -2.11. The first kappa shape index (κ1) is 15.3. The van der Waals surface area contributed by atoms with Crippen molar-refractivity contribution in [2.24, 2.45) is 5.41 Å². The van der Waals surface area contributed by atoms with Gasteiger partial charge < -0.3 is 11.1 Å². The summed E-state index contributed by atoms with van der Waals surface area (Å²) in [6, 6.07) is 4.14. The second kappa shape index (κ2) is 6.11. The minimum atomic E-state index is -0.575. The maximum absolute atomic E-state index is 12.1. The Balaban J connectivity index is 2.03. The van der Waals surface area contributed by atoms with Gasteiger partial charge in [0.1, 0.15) is 5.69 Å². The van der Waals surface area contributed by atoms with Crippen molar-refractivity contribution in [2.45, 2.75) is 39.0 Å². The Morgan fingerprint density at radius 2 is 2.05 bits per heavy atom. The molecule has 0 aliphatic heterocycles. The number of nitrogens with one attached hydrogen (secondary N) is 1. The van der Waals surface area contributed by atoms with Crippen molar-refractivity contribution in [3.05, 3.63) is 33.9 Å². The van der Waals surface area contributed by atoms with Crippen LogP contribution in [-0.4, -0.2) is 17.4 Å². The molecule has 0 bridgehead atoms. The smallest absolute Gasteiger partial charge is 0.292 e. The molecule has 0 radical (unpaired) electrons. The molecule has 114 valence electrons. The van der Waals surface area contributed by atoms with Gasteiger partial charge in [-0.1, -0.05) is 26.2 Å². The number of hydrogen-bond donors (Lipinski definition) is 2. The number of amides is 1. The number of carbonyl (C=O) groups is 1. The summed E-state index contributed by atoms with van der Waals surface area (Å²) in [4.78, 5) is 22.4. The third-order valence-corrected chi connectivity index (χ3v) is 4.23. The molecule has 0 spiro atoms. The van der Waals surface area contributed by atoms with Gasteiger partial charge in [-0.25, -0.2) is 0 Å². The van der Waals surface area contributed by atoms with E-state index in [2.05, 4.69) is 12.2 Å². The van der Waals surface area contributed by atoms with Crippen LogP contribution in [0.2, 0.25) is 0 Å². The highest BCUT2D eigenvalue weighted by molar-refractivity contribution is 5.95. The molecule has 1 aromatic carbocycles. The number of nitrogens with zero attached hydrogens (tertiary/aromatic N) is 1. The van der Waals surface area contributed by atoms with Crippen LogP contribution in [0.4, 0.5) is 11.4 Å². The molecule has 0 aromatic heterocycles. The summed E-state index contributed by atoms with van der Waals surface area (Å²) in [6.45, 7) is 2.78. The van der Waals surface area contributed by atoms with E-state index in [0.717, 1.165) is 12.8 Å². The van der Waals surface area contributed by atoms with Gasteiger partial charge in [-0.3, -0.25) is 14.9 Å². The number of nitrogen functional groups attached to an aromatic ring is 1. The van der Waals surface area contributed by atoms with Gasteiger partial charge in [0, 0.05) is 18.2 Å². The summed E-state index contributed by atoms with van der Waals surface area (Å²) in [7, 11) is 0. The van der Waals surface area contributed by atoms with Crippen molar-refractivity contribution >= 4 is 17.3 Å². The van der Waals surface area contributed by atoms with Crippen molar-refractivity contribution < 1.29 is 9.72 Å². The zero-order valence-corrected chi connectivity index (χ0v) is 12.2. The molecule has 1 aliphatic carbocycles. The van der Waals surface area contributed by atoms with E-state index in [1.165, 1.54) is 37.5 Å². The number of hydrogen-bond acceptors (Lipinski definition) is 4. The molecule has 1 aliphatic rings. The number of carbonyl (C=O) groups excluding carboxylic acids is 1. The van der Waals surface area contributed by atoms with Crippen LogP contribution in [0, 0.1) is 15.5 Å². The molecule has 3 N–H and O–H groups in total. The average Bonchev–Trinajstić information content (AvgIpc) is 2.46. The van der Waals surface area contributed by atoms with Gasteiger partial charge in [0.15, 0.2) is 0 Å². The maximum Gasteiger partial charge on any atom is 0.292 e. The van der Waals surface area contributed by atoms with E-state index in [1.807, 2.05) is 0 Å². The van der Waals surface area contributed by atoms with E-state index >= 15 is 0 Å². The Morgan fingerprint density at radius 3 is 2.67 bits per heavy atom. The topological polar surface area (TPSA) is 98.3 Å². The number of nitro groups is 1. The van der Waals surface area contributed by atoms with Crippen LogP contribution in [0.3, 0.4) is 0 Å². The minimum absolute atomic E-state index is 0.0655. The molecular weight excluding hydrogens is 270 g/mol. The Morgan fingerprint density at radius 1 is 1.38 bits per heavy atom. The van der Waals surface area contributed by atoms with Gasteiger partial charge in [0.05, 0.1) is 4.92 Å². The molecule has 0 atom stereocenters. The van der Waals surface area contributed by atoms with E-state index in [4.69, 9.17) is 5.73 Å². The normalized spacial score (nSPS) is 17.2. The molecule has 21 heavy (non-hydrogen) atoms. The molecule has 0 saturated heterocycles. The van der Waals surface area contributed by atoms with Crippen molar-refractivity contribution in [3.63, 3.8) is 0 Å². The third kappa shape index (κ3) is 3.71. The third-order valence-electron chi connectivity index (χ3n) is 4.23. The fourth-order valence-electron chi connectivity index (χ4n) is 2.82. The summed E-state index contributed by atoms with van der Waals surface area (Å²) < 4.78 is 0. The molecular formula is C15H21N3O3. The highest BCUT2D eigenvalue weighted by Gasteiger charge is 2.27. The highest BCUT2D eigenvalue weighted by atomic mass is 16.6. The van der Waals surface area contributed by atoms with Gasteiger partial charge in [-0.05, 0) is 30.4 Å². The number of rotatable bonds is 4. The average molecular weight is 291 g/mol. The standard InChI is InChI=1S/C15H21N3O3/c1-15(7-3-2-4-8-15)10-17-14(19)11-5-6-12(16)13(9-11)18(20)21/h5-6,9H,2-4,7-8,10,16H2,1H3,(H,17,19). The zero-order chi connectivity index (χ0) is 15.5. The number of nitrogens with two attached hydrogens (primary N) is 1. The first-order valence-electron chi connectivity index (χ1n) is 7.23. The van der Waals surface area contributed by atoms with E-state index in [0.29, 0.717) is 6.54 Å². The highest BCUT2D eigenvalue weighted by Crippen LogP contribution is 2.35. The molecule has 0 unspecified atom stereocenters. The quantitative estimate of drug-likeness (QED) is 0.506. The van der Waals surface area contributed by atoms with Crippen LogP contribution in [0.5, 0.6) is 0 Å². The Kier molecular flexibility index (Phi) is 4.45. The molecule has 1 aromatic rings. The van der Waals surface area contributed by atoms with E-state index in [-0.39, 0.29) is 28.3 Å². The predicted molar refractivity (Wildman–Crippen MR) is 81.0 cm³/mol. The van der Waals surface area contributed by atoms with Crippen LogP contribution in [0.25, 0.3) is 0 Å². The fourth-order valence-corrected chi connectivity index (χ4v) is 2.82. The maximum atomic E-state index is 12.1. The fraction of sp³-hybridized carbons (Fsp3) is 0.533. The van der Waals surface area contributed by atoms with Gasteiger partial charge in [-0.2, -0.15) is 0 Å². The van der Waals surface area contributed by atoms with Gasteiger partial charge in [0.2, 0.25) is 0 Å². The number of anilines is 1.